The summed E-state index contributed by atoms with van der Waals surface area (Å²) >= 11 is 0. The lowest BCUT2D eigenvalue weighted by atomic mass is 10.2. The zero-order valence-corrected chi connectivity index (χ0v) is 12.9. The number of hydrogen-bond acceptors (Lipinski definition) is 3. The van der Waals surface area contributed by atoms with E-state index in [2.05, 4.69) is 42.8 Å². The van der Waals surface area contributed by atoms with Crippen LogP contribution in [0.15, 0.2) is 0 Å². The standard InChI is InChI=1S/C15H33N3/c1-5-15(4)18-12-10-17(11-13-18)9-7-6-8-16-14(2)3/h14-16H,5-13H2,1-4H3. The molecular weight excluding hydrogens is 222 g/mol. The molecule has 1 fully saturated rings. The van der Waals surface area contributed by atoms with Crippen molar-refractivity contribution in [3.63, 3.8) is 0 Å². The molecule has 0 amide bonds. The zero-order chi connectivity index (χ0) is 13.4. The van der Waals surface area contributed by atoms with E-state index in [1.807, 2.05) is 0 Å². The van der Waals surface area contributed by atoms with Gasteiger partial charge in [0.15, 0.2) is 0 Å². The van der Waals surface area contributed by atoms with Crippen molar-refractivity contribution in [3.05, 3.63) is 0 Å². The monoisotopic (exact) mass is 255 g/mol. The van der Waals surface area contributed by atoms with Crippen LogP contribution < -0.4 is 5.32 Å². The molecule has 1 rings (SSSR count). The van der Waals surface area contributed by atoms with Crippen molar-refractivity contribution >= 4 is 0 Å². The molecule has 1 heterocycles. The number of piperazine rings is 1. The van der Waals surface area contributed by atoms with E-state index in [4.69, 9.17) is 0 Å². The van der Waals surface area contributed by atoms with E-state index in [1.54, 1.807) is 0 Å². The number of rotatable bonds is 8. The Kier molecular flexibility index (Phi) is 7.87. The summed E-state index contributed by atoms with van der Waals surface area (Å²) in [5, 5.41) is 3.49. The van der Waals surface area contributed by atoms with Gasteiger partial charge in [-0.1, -0.05) is 20.8 Å². The van der Waals surface area contributed by atoms with E-state index in [9.17, 15) is 0 Å². The molecule has 0 aromatic heterocycles. The summed E-state index contributed by atoms with van der Waals surface area (Å²) in [5.41, 5.74) is 0. The summed E-state index contributed by atoms with van der Waals surface area (Å²) in [7, 11) is 0. The second kappa shape index (κ2) is 8.89. The molecule has 0 saturated carbocycles. The van der Waals surface area contributed by atoms with E-state index in [0.717, 1.165) is 6.04 Å². The molecule has 1 aliphatic rings. The van der Waals surface area contributed by atoms with Crippen molar-refractivity contribution in [1.82, 2.24) is 15.1 Å². The summed E-state index contributed by atoms with van der Waals surface area (Å²) in [6, 6.07) is 1.39. The highest BCUT2D eigenvalue weighted by molar-refractivity contribution is 4.75. The van der Waals surface area contributed by atoms with E-state index in [0.29, 0.717) is 6.04 Å². The van der Waals surface area contributed by atoms with Crippen LogP contribution in [0.2, 0.25) is 0 Å². The molecule has 0 aliphatic carbocycles. The number of unbranched alkanes of at least 4 members (excludes halogenated alkanes) is 1. The van der Waals surface area contributed by atoms with Gasteiger partial charge in [0, 0.05) is 38.3 Å². The Morgan fingerprint density at radius 3 is 2.22 bits per heavy atom. The molecular formula is C15H33N3. The molecule has 1 saturated heterocycles. The molecule has 0 bridgehead atoms. The molecule has 0 radical (unpaired) electrons. The average molecular weight is 255 g/mol. The molecule has 1 aliphatic heterocycles. The van der Waals surface area contributed by atoms with Gasteiger partial charge in [-0.2, -0.15) is 0 Å². The third-order valence-electron chi connectivity index (χ3n) is 4.07. The molecule has 3 heteroatoms. The summed E-state index contributed by atoms with van der Waals surface area (Å²) < 4.78 is 0. The fraction of sp³-hybridized carbons (Fsp3) is 1.00. The SMILES string of the molecule is CCC(C)N1CCN(CCCCNC(C)C)CC1. The van der Waals surface area contributed by atoms with E-state index in [-0.39, 0.29) is 0 Å². The molecule has 18 heavy (non-hydrogen) atoms. The predicted octanol–water partition coefficient (Wildman–Crippen LogP) is 2.18. The molecule has 1 unspecified atom stereocenters. The molecule has 3 nitrogen and oxygen atoms in total. The molecule has 0 aromatic rings. The summed E-state index contributed by atoms with van der Waals surface area (Å²) in [6.45, 7) is 16.6. The van der Waals surface area contributed by atoms with Crippen LogP contribution in [-0.2, 0) is 0 Å². The average Bonchev–Trinajstić information content (AvgIpc) is 2.38. The minimum atomic E-state index is 0.629. The first-order chi connectivity index (χ1) is 8.63. The first kappa shape index (κ1) is 15.9. The van der Waals surface area contributed by atoms with Crippen LogP contribution in [0.5, 0.6) is 0 Å². The van der Waals surface area contributed by atoms with Crippen molar-refractivity contribution in [2.75, 3.05) is 39.3 Å². The molecule has 0 aromatic carbocycles. The highest BCUT2D eigenvalue weighted by atomic mass is 15.3. The molecule has 108 valence electrons. The Morgan fingerprint density at radius 2 is 1.67 bits per heavy atom. The minimum Gasteiger partial charge on any atom is -0.315 e. The van der Waals surface area contributed by atoms with Crippen molar-refractivity contribution in [1.29, 1.82) is 0 Å². The molecule has 1 atom stereocenters. The molecule has 1 N–H and O–H groups in total. The predicted molar refractivity (Wildman–Crippen MR) is 80.1 cm³/mol. The third-order valence-corrected chi connectivity index (χ3v) is 4.07. The topological polar surface area (TPSA) is 18.5 Å². The van der Waals surface area contributed by atoms with Gasteiger partial charge in [0.1, 0.15) is 0 Å². The van der Waals surface area contributed by atoms with Gasteiger partial charge in [-0.15, -0.1) is 0 Å². The van der Waals surface area contributed by atoms with Crippen LogP contribution in [0.25, 0.3) is 0 Å². The van der Waals surface area contributed by atoms with Gasteiger partial charge >= 0.3 is 0 Å². The van der Waals surface area contributed by atoms with Crippen LogP contribution in [0.4, 0.5) is 0 Å². The number of hydrogen-bond donors (Lipinski definition) is 1. The first-order valence-electron chi connectivity index (χ1n) is 7.83. The van der Waals surface area contributed by atoms with E-state index in [1.165, 1.54) is 58.5 Å². The Labute approximate surface area is 114 Å². The Morgan fingerprint density at radius 1 is 1.00 bits per heavy atom. The maximum atomic E-state index is 3.49. The first-order valence-corrected chi connectivity index (χ1v) is 7.83. The maximum Gasteiger partial charge on any atom is 0.0113 e. The van der Waals surface area contributed by atoms with Crippen molar-refractivity contribution in [2.45, 2.75) is 59.0 Å². The minimum absolute atomic E-state index is 0.629. The third kappa shape index (κ3) is 6.17. The normalized spacial score (nSPS) is 20.5. The second-order valence-corrected chi connectivity index (χ2v) is 5.95. The Bertz CT molecular complexity index is 198. The maximum absolute atomic E-state index is 3.49. The smallest absolute Gasteiger partial charge is 0.0113 e. The van der Waals surface area contributed by atoms with Gasteiger partial charge in [-0.25, -0.2) is 0 Å². The van der Waals surface area contributed by atoms with E-state index < -0.39 is 0 Å². The van der Waals surface area contributed by atoms with Crippen molar-refractivity contribution in [3.8, 4) is 0 Å². The Hall–Kier alpha value is -0.120. The zero-order valence-electron chi connectivity index (χ0n) is 12.9. The van der Waals surface area contributed by atoms with Gasteiger partial charge in [0.05, 0.1) is 0 Å². The van der Waals surface area contributed by atoms with Crippen LogP contribution in [0.1, 0.15) is 47.0 Å². The number of nitrogens with one attached hydrogen (secondary N) is 1. The largest absolute Gasteiger partial charge is 0.315 e. The van der Waals surface area contributed by atoms with Crippen LogP contribution >= 0.6 is 0 Å². The quantitative estimate of drug-likeness (QED) is 0.671. The summed E-state index contributed by atoms with van der Waals surface area (Å²) in [5.74, 6) is 0. The van der Waals surface area contributed by atoms with Gasteiger partial charge in [0.2, 0.25) is 0 Å². The van der Waals surface area contributed by atoms with Crippen molar-refractivity contribution < 1.29 is 0 Å². The second-order valence-electron chi connectivity index (χ2n) is 5.95. The lowest BCUT2D eigenvalue weighted by Crippen LogP contribution is -2.49. The van der Waals surface area contributed by atoms with Crippen LogP contribution in [0, 0.1) is 0 Å². The van der Waals surface area contributed by atoms with Crippen molar-refractivity contribution in [2.24, 2.45) is 0 Å². The highest BCUT2D eigenvalue weighted by Gasteiger charge is 2.19. The lowest BCUT2D eigenvalue weighted by molar-refractivity contribution is 0.0995. The van der Waals surface area contributed by atoms with Gasteiger partial charge < -0.3 is 10.2 Å². The fourth-order valence-corrected chi connectivity index (χ4v) is 2.54. The van der Waals surface area contributed by atoms with Gasteiger partial charge in [-0.3, -0.25) is 4.90 Å². The summed E-state index contributed by atoms with van der Waals surface area (Å²) in [4.78, 5) is 5.27. The fourth-order valence-electron chi connectivity index (χ4n) is 2.54. The van der Waals surface area contributed by atoms with Gasteiger partial charge in [0.25, 0.3) is 0 Å². The van der Waals surface area contributed by atoms with Crippen LogP contribution in [0.3, 0.4) is 0 Å². The highest BCUT2D eigenvalue weighted by Crippen LogP contribution is 2.09. The van der Waals surface area contributed by atoms with E-state index >= 15 is 0 Å². The Balaban J connectivity index is 2.02. The van der Waals surface area contributed by atoms with Crippen LogP contribution in [-0.4, -0.2) is 61.2 Å². The number of nitrogens with zero attached hydrogens (tertiary/aromatic N) is 2. The van der Waals surface area contributed by atoms with Gasteiger partial charge in [-0.05, 0) is 39.3 Å². The molecule has 0 spiro atoms. The summed E-state index contributed by atoms with van der Waals surface area (Å²) in [6.07, 6.45) is 3.92. The lowest BCUT2D eigenvalue weighted by Gasteiger charge is -2.37.